The first-order chi connectivity index (χ1) is 10.6. The number of rotatable bonds is 6. The average molecular weight is 299 g/mol. The summed E-state index contributed by atoms with van der Waals surface area (Å²) in [6, 6.07) is 11.4. The third-order valence-electron chi connectivity index (χ3n) is 3.37. The Labute approximate surface area is 130 Å². The highest BCUT2D eigenvalue weighted by Gasteiger charge is 2.09. The molecule has 0 saturated heterocycles. The van der Waals surface area contributed by atoms with Gasteiger partial charge in [-0.1, -0.05) is 26.0 Å². The van der Waals surface area contributed by atoms with Crippen molar-refractivity contribution in [2.75, 3.05) is 13.7 Å². The predicted octanol–water partition coefficient (Wildman–Crippen LogP) is 2.58. The molecule has 0 saturated carbocycles. The highest BCUT2D eigenvalue weighted by molar-refractivity contribution is 5.92. The normalized spacial score (nSPS) is 10.5. The summed E-state index contributed by atoms with van der Waals surface area (Å²) in [5.74, 6) is 0.935. The van der Waals surface area contributed by atoms with Crippen LogP contribution in [-0.4, -0.2) is 29.8 Å². The van der Waals surface area contributed by atoms with Gasteiger partial charge >= 0.3 is 0 Å². The Kier molecular flexibility index (Phi) is 5.47. The molecular weight excluding hydrogens is 278 g/mol. The molecule has 2 rings (SSSR count). The minimum atomic E-state index is -0.198. The number of amides is 1. The van der Waals surface area contributed by atoms with E-state index in [0.29, 0.717) is 18.2 Å². The minimum Gasteiger partial charge on any atom is -0.497 e. The fourth-order valence-corrected chi connectivity index (χ4v) is 1.97. The summed E-state index contributed by atoms with van der Waals surface area (Å²) in [5.41, 5.74) is 2.37. The number of aromatic nitrogens is 2. The third kappa shape index (κ3) is 4.28. The lowest BCUT2D eigenvalue weighted by Gasteiger charge is -2.07. The van der Waals surface area contributed by atoms with Crippen molar-refractivity contribution in [3.05, 3.63) is 53.3 Å². The number of hydrogen-bond donors (Lipinski definition) is 1. The van der Waals surface area contributed by atoms with Gasteiger partial charge < -0.3 is 10.1 Å². The van der Waals surface area contributed by atoms with Crippen LogP contribution in [0.4, 0.5) is 0 Å². The van der Waals surface area contributed by atoms with E-state index in [1.165, 1.54) is 0 Å². The van der Waals surface area contributed by atoms with Gasteiger partial charge in [0.25, 0.3) is 5.91 Å². The number of hydrogen-bond acceptors (Lipinski definition) is 4. The molecule has 0 unspecified atom stereocenters. The lowest BCUT2D eigenvalue weighted by molar-refractivity contribution is 0.0948. The topological polar surface area (TPSA) is 64.1 Å². The predicted molar refractivity (Wildman–Crippen MR) is 85.2 cm³/mol. The van der Waals surface area contributed by atoms with Crippen LogP contribution in [-0.2, 0) is 6.42 Å². The van der Waals surface area contributed by atoms with Crippen molar-refractivity contribution in [2.24, 2.45) is 0 Å². The van der Waals surface area contributed by atoms with Crippen LogP contribution < -0.4 is 10.1 Å². The fraction of sp³-hybridized carbons (Fsp3) is 0.353. The standard InChI is InChI=1S/C17H21N3O2/c1-12(2)15-8-9-16(20-19-15)17(21)18-11-10-13-4-6-14(22-3)7-5-13/h4-9,12H,10-11H2,1-3H3,(H,18,21). The van der Waals surface area contributed by atoms with Gasteiger partial charge in [-0.15, -0.1) is 5.10 Å². The lowest BCUT2D eigenvalue weighted by atomic mass is 10.1. The van der Waals surface area contributed by atoms with Gasteiger partial charge in [0.1, 0.15) is 5.75 Å². The summed E-state index contributed by atoms with van der Waals surface area (Å²) in [6.45, 7) is 4.63. The lowest BCUT2D eigenvalue weighted by Crippen LogP contribution is -2.26. The van der Waals surface area contributed by atoms with E-state index in [9.17, 15) is 4.79 Å². The number of carbonyl (C=O) groups excluding carboxylic acids is 1. The quantitative estimate of drug-likeness (QED) is 0.890. The summed E-state index contributed by atoms with van der Waals surface area (Å²) in [5, 5.41) is 10.9. The number of ether oxygens (including phenoxy) is 1. The van der Waals surface area contributed by atoms with Gasteiger partial charge in [0.05, 0.1) is 12.8 Å². The summed E-state index contributed by atoms with van der Waals surface area (Å²) in [7, 11) is 1.64. The Morgan fingerprint density at radius 2 is 1.86 bits per heavy atom. The molecule has 0 atom stereocenters. The van der Waals surface area contributed by atoms with Gasteiger partial charge in [-0.3, -0.25) is 4.79 Å². The molecule has 0 aliphatic rings. The molecule has 2 aromatic rings. The summed E-state index contributed by atoms with van der Waals surface area (Å²) >= 11 is 0. The second-order valence-corrected chi connectivity index (χ2v) is 5.35. The monoisotopic (exact) mass is 299 g/mol. The largest absolute Gasteiger partial charge is 0.497 e. The van der Waals surface area contributed by atoms with Crippen LogP contribution in [0.15, 0.2) is 36.4 Å². The van der Waals surface area contributed by atoms with Crippen molar-refractivity contribution in [2.45, 2.75) is 26.2 Å². The van der Waals surface area contributed by atoms with E-state index in [2.05, 4.69) is 15.5 Å². The minimum absolute atomic E-state index is 0.198. The summed E-state index contributed by atoms with van der Waals surface area (Å²) in [6.07, 6.45) is 0.757. The van der Waals surface area contributed by atoms with Crippen molar-refractivity contribution < 1.29 is 9.53 Å². The zero-order chi connectivity index (χ0) is 15.9. The Morgan fingerprint density at radius 3 is 2.41 bits per heavy atom. The van der Waals surface area contributed by atoms with E-state index in [1.807, 2.05) is 44.2 Å². The van der Waals surface area contributed by atoms with Crippen molar-refractivity contribution in [1.29, 1.82) is 0 Å². The van der Waals surface area contributed by atoms with Crippen molar-refractivity contribution >= 4 is 5.91 Å². The molecule has 1 aromatic carbocycles. The van der Waals surface area contributed by atoms with Gasteiger partial charge in [-0.25, -0.2) is 0 Å². The first kappa shape index (κ1) is 15.9. The van der Waals surface area contributed by atoms with Gasteiger partial charge in [0.15, 0.2) is 5.69 Å². The Balaban J connectivity index is 1.84. The molecule has 0 bridgehead atoms. The molecule has 1 aromatic heterocycles. The van der Waals surface area contributed by atoms with Crippen LogP contribution in [0, 0.1) is 0 Å². The highest BCUT2D eigenvalue weighted by atomic mass is 16.5. The molecule has 1 N–H and O–H groups in total. The average Bonchev–Trinajstić information content (AvgIpc) is 2.55. The zero-order valence-corrected chi connectivity index (χ0v) is 13.2. The summed E-state index contributed by atoms with van der Waals surface area (Å²) < 4.78 is 5.11. The molecule has 116 valence electrons. The van der Waals surface area contributed by atoms with Crippen molar-refractivity contribution in [3.8, 4) is 5.75 Å². The Bertz CT molecular complexity index is 607. The van der Waals surface area contributed by atoms with Crippen LogP contribution in [0.5, 0.6) is 5.75 Å². The van der Waals surface area contributed by atoms with Gasteiger partial charge in [0.2, 0.25) is 0 Å². The SMILES string of the molecule is COc1ccc(CCNC(=O)c2ccc(C(C)C)nn2)cc1. The van der Waals surface area contributed by atoms with Crippen LogP contribution >= 0.6 is 0 Å². The molecule has 0 aliphatic carbocycles. The number of carbonyl (C=O) groups is 1. The third-order valence-corrected chi connectivity index (χ3v) is 3.37. The number of nitrogens with one attached hydrogen (secondary N) is 1. The van der Waals surface area contributed by atoms with Crippen molar-refractivity contribution in [3.63, 3.8) is 0 Å². The molecular formula is C17H21N3O2. The first-order valence-corrected chi connectivity index (χ1v) is 7.35. The number of benzene rings is 1. The van der Waals surface area contributed by atoms with E-state index in [4.69, 9.17) is 4.74 Å². The molecule has 0 radical (unpaired) electrons. The number of nitrogens with zero attached hydrogens (tertiary/aromatic N) is 2. The van der Waals surface area contributed by atoms with Crippen LogP contribution in [0.25, 0.3) is 0 Å². The van der Waals surface area contributed by atoms with Crippen LogP contribution in [0.1, 0.15) is 41.5 Å². The molecule has 1 heterocycles. The van der Waals surface area contributed by atoms with E-state index in [-0.39, 0.29) is 5.91 Å². The fourth-order valence-electron chi connectivity index (χ4n) is 1.97. The Morgan fingerprint density at radius 1 is 1.14 bits per heavy atom. The molecule has 0 spiro atoms. The smallest absolute Gasteiger partial charge is 0.271 e. The number of methoxy groups -OCH3 is 1. The highest BCUT2D eigenvalue weighted by Crippen LogP contribution is 2.11. The van der Waals surface area contributed by atoms with Crippen LogP contribution in [0.2, 0.25) is 0 Å². The van der Waals surface area contributed by atoms with E-state index in [0.717, 1.165) is 23.4 Å². The van der Waals surface area contributed by atoms with Crippen molar-refractivity contribution in [1.82, 2.24) is 15.5 Å². The van der Waals surface area contributed by atoms with E-state index in [1.54, 1.807) is 13.2 Å². The Hall–Kier alpha value is -2.43. The van der Waals surface area contributed by atoms with Gasteiger partial charge in [0, 0.05) is 6.54 Å². The second kappa shape index (κ2) is 7.54. The molecule has 5 heteroatoms. The summed E-state index contributed by atoms with van der Waals surface area (Å²) in [4.78, 5) is 12.0. The first-order valence-electron chi connectivity index (χ1n) is 7.35. The molecule has 1 amide bonds. The van der Waals surface area contributed by atoms with Crippen LogP contribution in [0.3, 0.4) is 0 Å². The zero-order valence-electron chi connectivity index (χ0n) is 13.2. The molecule has 0 aliphatic heterocycles. The maximum Gasteiger partial charge on any atom is 0.271 e. The molecule has 22 heavy (non-hydrogen) atoms. The maximum atomic E-state index is 12.0. The van der Waals surface area contributed by atoms with E-state index < -0.39 is 0 Å². The second-order valence-electron chi connectivity index (χ2n) is 5.35. The van der Waals surface area contributed by atoms with Gasteiger partial charge in [-0.05, 0) is 42.2 Å². The van der Waals surface area contributed by atoms with Gasteiger partial charge in [-0.2, -0.15) is 5.10 Å². The molecule has 0 fully saturated rings. The maximum absolute atomic E-state index is 12.0. The van der Waals surface area contributed by atoms with E-state index >= 15 is 0 Å². The molecule has 5 nitrogen and oxygen atoms in total.